The van der Waals surface area contributed by atoms with Gasteiger partial charge in [-0.15, -0.1) is 11.3 Å². The van der Waals surface area contributed by atoms with Crippen LogP contribution in [0.3, 0.4) is 0 Å². The van der Waals surface area contributed by atoms with Crippen molar-refractivity contribution < 1.29 is 14.3 Å². The lowest BCUT2D eigenvalue weighted by Crippen LogP contribution is -2.10. The van der Waals surface area contributed by atoms with Gasteiger partial charge in [0.15, 0.2) is 0 Å². The van der Waals surface area contributed by atoms with Gasteiger partial charge in [-0.25, -0.2) is 9.78 Å². The number of halogens is 2. The molecule has 3 aromatic rings. The van der Waals surface area contributed by atoms with Crippen molar-refractivity contribution in [2.24, 2.45) is 0 Å². The van der Waals surface area contributed by atoms with Gasteiger partial charge in [-0.1, -0.05) is 29.3 Å². The number of nitrogens with one attached hydrogen (secondary N) is 1. The maximum absolute atomic E-state index is 12.1. The molecule has 3 rings (SSSR count). The Morgan fingerprint density at radius 3 is 2.54 bits per heavy atom. The van der Waals surface area contributed by atoms with Crippen LogP contribution in [0, 0.1) is 0 Å². The number of carbonyl (C=O) groups is 2. The van der Waals surface area contributed by atoms with Crippen LogP contribution in [0.25, 0.3) is 0 Å². The SMILES string of the molecule is O=C(OCc1nc(Cl)ccc1Cl)c1ccc(NC(=O)c2cccs2)cc1. The highest BCUT2D eigenvalue weighted by molar-refractivity contribution is 7.12. The fourth-order valence-electron chi connectivity index (χ4n) is 2.07. The number of esters is 1. The zero-order chi connectivity index (χ0) is 18.5. The summed E-state index contributed by atoms with van der Waals surface area (Å²) < 4.78 is 5.20. The second kappa shape index (κ2) is 8.31. The first-order valence-corrected chi connectivity index (χ1v) is 9.09. The molecule has 0 fully saturated rings. The van der Waals surface area contributed by atoms with Gasteiger partial charge in [0.05, 0.1) is 21.2 Å². The lowest BCUT2D eigenvalue weighted by molar-refractivity contribution is 0.0468. The van der Waals surface area contributed by atoms with Crippen molar-refractivity contribution in [1.82, 2.24) is 4.98 Å². The molecular formula is C18H12Cl2N2O3S. The molecule has 0 aliphatic heterocycles. The Morgan fingerprint density at radius 2 is 1.85 bits per heavy atom. The first kappa shape index (κ1) is 18.4. The van der Waals surface area contributed by atoms with Crippen LogP contribution in [-0.4, -0.2) is 16.9 Å². The number of pyridine rings is 1. The number of ether oxygens (including phenoxy) is 1. The molecule has 0 spiro atoms. The molecule has 0 aliphatic rings. The molecule has 0 saturated heterocycles. The van der Waals surface area contributed by atoms with Crippen LogP contribution in [-0.2, 0) is 11.3 Å². The first-order chi connectivity index (χ1) is 12.5. The molecule has 1 N–H and O–H groups in total. The molecule has 8 heteroatoms. The first-order valence-electron chi connectivity index (χ1n) is 7.46. The normalized spacial score (nSPS) is 10.4. The third-order valence-electron chi connectivity index (χ3n) is 3.35. The third kappa shape index (κ3) is 4.60. The van der Waals surface area contributed by atoms with Gasteiger partial charge < -0.3 is 10.1 Å². The largest absolute Gasteiger partial charge is 0.456 e. The van der Waals surface area contributed by atoms with Gasteiger partial charge in [0.25, 0.3) is 5.91 Å². The van der Waals surface area contributed by atoms with Crippen LogP contribution >= 0.6 is 34.5 Å². The van der Waals surface area contributed by atoms with Crippen molar-refractivity contribution in [3.63, 3.8) is 0 Å². The van der Waals surface area contributed by atoms with Gasteiger partial charge in [-0.2, -0.15) is 0 Å². The van der Waals surface area contributed by atoms with E-state index in [2.05, 4.69) is 10.3 Å². The molecule has 132 valence electrons. The van der Waals surface area contributed by atoms with E-state index in [-0.39, 0.29) is 17.7 Å². The minimum atomic E-state index is -0.529. The second-order valence-corrected chi connectivity index (χ2v) is 6.89. The van der Waals surface area contributed by atoms with Gasteiger partial charge in [0.1, 0.15) is 11.8 Å². The van der Waals surface area contributed by atoms with E-state index in [0.717, 1.165) is 0 Å². The van der Waals surface area contributed by atoms with E-state index < -0.39 is 5.97 Å². The summed E-state index contributed by atoms with van der Waals surface area (Å²) in [6.45, 7) is -0.0882. The highest BCUT2D eigenvalue weighted by atomic mass is 35.5. The van der Waals surface area contributed by atoms with Gasteiger partial charge >= 0.3 is 5.97 Å². The summed E-state index contributed by atoms with van der Waals surface area (Å²) in [5, 5.41) is 5.23. The molecule has 5 nitrogen and oxygen atoms in total. The Bertz CT molecular complexity index is 928. The van der Waals surface area contributed by atoms with Gasteiger partial charge in [-0.3, -0.25) is 4.79 Å². The highest BCUT2D eigenvalue weighted by Gasteiger charge is 2.11. The number of benzene rings is 1. The molecule has 0 aliphatic carbocycles. The lowest BCUT2D eigenvalue weighted by atomic mass is 10.2. The summed E-state index contributed by atoms with van der Waals surface area (Å²) in [6.07, 6.45) is 0. The minimum Gasteiger partial charge on any atom is -0.456 e. The Morgan fingerprint density at radius 1 is 1.08 bits per heavy atom. The molecule has 2 heterocycles. The zero-order valence-corrected chi connectivity index (χ0v) is 15.6. The second-order valence-electron chi connectivity index (χ2n) is 5.15. The number of rotatable bonds is 5. The van der Waals surface area contributed by atoms with Crippen LogP contribution in [0.1, 0.15) is 25.7 Å². The molecule has 0 unspecified atom stereocenters. The zero-order valence-electron chi connectivity index (χ0n) is 13.2. The minimum absolute atomic E-state index is 0.0882. The van der Waals surface area contributed by atoms with Crippen LogP contribution in [0.2, 0.25) is 10.2 Å². The summed E-state index contributed by atoms with van der Waals surface area (Å²) in [5.41, 5.74) is 1.31. The number of anilines is 1. The van der Waals surface area contributed by atoms with Gasteiger partial charge in [-0.05, 0) is 47.8 Å². The molecule has 0 bridgehead atoms. The van der Waals surface area contributed by atoms with Crippen LogP contribution < -0.4 is 5.32 Å². The fourth-order valence-corrected chi connectivity index (χ4v) is 3.01. The van der Waals surface area contributed by atoms with E-state index in [1.165, 1.54) is 11.3 Å². The van der Waals surface area contributed by atoms with Crippen molar-refractivity contribution >= 4 is 52.1 Å². The van der Waals surface area contributed by atoms with E-state index in [9.17, 15) is 9.59 Å². The number of hydrogen-bond donors (Lipinski definition) is 1. The number of hydrogen-bond acceptors (Lipinski definition) is 5. The summed E-state index contributed by atoms with van der Waals surface area (Å²) in [5.74, 6) is -0.726. The van der Waals surface area contributed by atoms with Gasteiger partial charge in [0.2, 0.25) is 0 Å². The van der Waals surface area contributed by atoms with Crippen molar-refractivity contribution in [3.8, 4) is 0 Å². The van der Waals surface area contributed by atoms with E-state index in [0.29, 0.717) is 26.8 Å². The van der Waals surface area contributed by atoms with Gasteiger partial charge in [0, 0.05) is 5.69 Å². The van der Waals surface area contributed by atoms with Crippen LogP contribution in [0.4, 0.5) is 5.69 Å². The van der Waals surface area contributed by atoms with E-state index in [1.807, 2.05) is 5.38 Å². The van der Waals surface area contributed by atoms with Crippen molar-refractivity contribution in [1.29, 1.82) is 0 Å². The average Bonchev–Trinajstić information content (AvgIpc) is 3.18. The van der Waals surface area contributed by atoms with Crippen LogP contribution in [0.15, 0.2) is 53.9 Å². The Balaban J connectivity index is 1.60. The highest BCUT2D eigenvalue weighted by Crippen LogP contribution is 2.19. The summed E-state index contributed by atoms with van der Waals surface area (Å²) in [7, 11) is 0. The maximum atomic E-state index is 12.1. The smallest absolute Gasteiger partial charge is 0.338 e. The molecule has 0 saturated carbocycles. The molecule has 1 aromatic carbocycles. The van der Waals surface area contributed by atoms with Crippen LogP contribution in [0.5, 0.6) is 0 Å². The molecule has 0 atom stereocenters. The molecule has 26 heavy (non-hydrogen) atoms. The summed E-state index contributed by atoms with van der Waals surface area (Å²) in [4.78, 5) is 28.7. The summed E-state index contributed by atoms with van der Waals surface area (Å²) in [6, 6.07) is 13.1. The number of nitrogens with zero attached hydrogens (tertiary/aromatic N) is 1. The lowest BCUT2D eigenvalue weighted by Gasteiger charge is -2.07. The third-order valence-corrected chi connectivity index (χ3v) is 4.77. The topological polar surface area (TPSA) is 68.3 Å². The summed E-state index contributed by atoms with van der Waals surface area (Å²) >= 11 is 13.1. The standard InChI is InChI=1S/C18H12Cl2N2O3S/c19-13-7-8-16(20)22-14(13)10-25-18(24)11-3-5-12(6-4-11)21-17(23)15-2-1-9-26-15/h1-9H,10H2,(H,21,23). The van der Waals surface area contributed by atoms with E-state index in [4.69, 9.17) is 27.9 Å². The van der Waals surface area contributed by atoms with Crippen molar-refractivity contribution in [2.45, 2.75) is 6.61 Å². The van der Waals surface area contributed by atoms with E-state index in [1.54, 1.807) is 48.5 Å². The Labute approximate surface area is 163 Å². The fraction of sp³-hybridized carbons (Fsp3) is 0.0556. The number of carbonyl (C=O) groups excluding carboxylic acids is 2. The van der Waals surface area contributed by atoms with Crippen molar-refractivity contribution in [2.75, 3.05) is 5.32 Å². The maximum Gasteiger partial charge on any atom is 0.338 e. The molecule has 2 aromatic heterocycles. The molecule has 1 amide bonds. The number of thiophene rings is 1. The predicted molar refractivity (Wildman–Crippen MR) is 102 cm³/mol. The average molecular weight is 407 g/mol. The molecule has 0 radical (unpaired) electrons. The van der Waals surface area contributed by atoms with Crippen molar-refractivity contribution in [3.05, 3.63) is 80.2 Å². The van der Waals surface area contributed by atoms with E-state index >= 15 is 0 Å². The monoisotopic (exact) mass is 406 g/mol. The predicted octanol–water partition coefficient (Wildman–Crippen LogP) is 5.06. The number of amides is 1. The molecular weight excluding hydrogens is 395 g/mol. The Hall–Kier alpha value is -2.41. The number of aromatic nitrogens is 1. The quantitative estimate of drug-likeness (QED) is 0.474. The Kier molecular flexibility index (Phi) is 5.88.